The van der Waals surface area contributed by atoms with Gasteiger partial charge in [0.1, 0.15) is 11.2 Å². The molecular weight excluding hydrogens is 743 g/mol. The molecule has 4 heteroatoms. The van der Waals surface area contributed by atoms with Gasteiger partial charge >= 0.3 is 0 Å². The second-order valence-corrected chi connectivity index (χ2v) is 16.7. The molecule has 1 saturated carbocycles. The van der Waals surface area contributed by atoms with Crippen LogP contribution in [0, 0.1) is 0 Å². The average molecular weight is 784 g/mol. The molecule has 61 heavy (non-hydrogen) atoms. The minimum absolute atomic E-state index is 0.158. The highest BCUT2D eigenvalue weighted by atomic mass is 16.3. The molecule has 2 aliphatic carbocycles. The normalized spacial score (nSPS) is 14.0. The van der Waals surface area contributed by atoms with Crippen LogP contribution in [0.1, 0.15) is 43.2 Å². The van der Waals surface area contributed by atoms with Gasteiger partial charge in [0.25, 0.3) is 0 Å². The van der Waals surface area contributed by atoms with Crippen LogP contribution in [0.4, 0.5) is 0 Å². The van der Waals surface area contributed by atoms with E-state index in [1.54, 1.807) is 0 Å². The number of fused-ring (bicyclic) bond motifs is 8. The number of furan rings is 1. The van der Waals surface area contributed by atoms with Gasteiger partial charge < -0.3 is 4.42 Å². The summed E-state index contributed by atoms with van der Waals surface area (Å²) < 4.78 is 6.30. The van der Waals surface area contributed by atoms with Gasteiger partial charge in [0, 0.05) is 32.9 Å². The maximum Gasteiger partial charge on any atom is 0.164 e. The molecule has 2 aliphatic rings. The third-order valence-corrected chi connectivity index (χ3v) is 13.1. The molecule has 0 unspecified atom stereocenters. The van der Waals surface area contributed by atoms with E-state index >= 15 is 0 Å². The van der Waals surface area contributed by atoms with Crippen LogP contribution in [0.25, 0.3) is 101 Å². The highest BCUT2D eigenvalue weighted by Gasteiger charge is 2.43. The summed E-state index contributed by atoms with van der Waals surface area (Å²) in [6, 6.07) is 67.1. The van der Waals surface area contributed by atoms with Gasteiger partial charge in [-0.15, -0.1) is 0 Å². The molecule has 4 nitrogen and oxygen atoms in total. The van der Waals surface area contributed by atoms with E-state index in [2.05, 4.69) is 158 Å². The maximum atomic E-state index is 6.30. The molecule has 0 N–H and O–H groups in total. The van der Waals surface area contributed by atoms with E-state index in [0.717, 1.165) is 55.3 Å². The predicted octanol–water partition coefficient (Wildman–Crippen LogP) is 15.0. The molecule has 1 spiro atoms. The number of hydrogen-bond donors (Lipinski definition) is 0. The van der Waals surface area contributed by atoms with E-state index in [4.69, 9.17) is 19.4 Å². The molecule has 0 aliphatic heterocycles. The second kappa shape index (κ2) is 14.4. The van der Waals surface area contributed by atoms with Crippen molar-refractivity contribution in [1.29, 1.82) is 0 Å². The first-order valence-corrected chi connectivity index (χ1v) is 21.5. The Labute approximate surface area is 355 Å². The van der Waals surface area contributed by atoms with Crippen molar-refractivity contribution in [2.45, 2.75) is 37.5 Å². The summed E-state index contributed by atoms with van der Waals surface area (Å²) in [6.45, 7) is 0. The standard InChI is InChI=1S/C57H41N3O/c1-3-13-37(14-4-1)38-23-25-39(26-24-38)54-58-55(60-56(59-54)45-27-29-48-47-20-6-8-22-52(47)61-53(48)36-45)44-18-12-17-42(34-44)40-15-11-16-41(33-40)43-28-30-51-49(35-43)46-19-5-7-21-50(46)57(51)31-9-2-10-32-57/h1,3-8,11-30,33-36H,2,9-10,31-32H2. The molecule has 290 valence electrons. The van der Waals surface area contributed by atoms with Crippen LogP contribution in [-0.2, 0) is 5.41 Å². The van der Waals surface area contributed by atoms with Gasteiger partial charge in [-0.2, -0.15) is 0 Å². The highest BCUT2D eigenvalue weighted by molar-refractivity contribution is 6.05. The SMILES string of the molecule is c1ccc(-c2ccc(-c3nc(-c4cccc(-c5cccc(-c6ccc7c(c6)-c6ccccc6C76CCCCC6)c5)c4)nc(-c4ccc5c(c4)oc4ccccc45)n3)cc2)cc1. The smallest absolute Gasteiger partial charge is 0.164 e. The molecule has 8 aromatic carbocycles. The van der Waals surface area contributed by atoms with Crippen molar-refractivity contribution in [3.8, 4) is 78.7 Å². The fourth-order valence-electron chi connectivity index (χ4n) is 10.1. The summed E-state index contributed by atoms with van der Waals surface area (Å²) in [5.74, 6) is 1.82. The van der Waals surface area contributed by atoms with Gasteiger partial charge in [0.2, 0.25) is 0 Å². The fraction of sp³-hybridized carbons (Fsp3) is 0.105. The van der Waals surface area contributed by atoms with Crippen LogP contribution in [0.15, 0.2) is 192 Å². The first-order valence-electron chi connectivity index (χ1n) is 21.5. The largest absolute Gasteiger partial charge is 0.456 e. The summed E-state index contributed by atoms with van der Waals surface area (Å²) in [5, 5.41) is 2.16. The van der Waals surface area contributed by atoms with Crippen LogP contribution in [0.3, 0.4) is 0 Å². The summed E-state index contributed by atoms with van der Waals surface area (Å²) in [7, 11) is 0. The van der Waals surface area contributed by atoms with Crippen molar-refractivity contribution in [2.75, 3.05) is 0 Å². The quantitative estimate of drug-likeness (QED) is 0.169. The Hall–Kier alpha value is -7.43. The predicted molar refractivity (Wildman–Crippen MR) is 249 cm³/mol. The number of hydrogen-bond acceptors (Lipinski definition) is 4. The minimum atomic E-state index is 0.158. The summed E-state index contributed by atoms with van der Waals surface area (Å²) in [5.41, 5.74) is 17.4. The van der Waals surface area contributed by atoms with Crippen LogP contribution in [-0.4, -0.2) is 15.0 Å². The number of aromatic nitrogens is 3. The molecule has 2 heterocycles. The van der Waals surface area contributed by atoms with Crippen molar-refractivity contribution in [3.05, 3.63) is 199 Å². The Kier molecular flexibility index (Phi) is 8.38. The molecule has 12 rings (SSSR count). The molecular formula is C57H41N3O. The summed E-state index contributed by atoms with van der Waals surface area (Å²) in [4.78, 5) is 15.4. The summed E-state index contributed by atoms with van der Waals surface area (Å²) in [6.07, 6.45) is 6.41. The number of benzene rings is 8. The van der Waals surface area contributed by atoms with Gasteiger partial charge in [0.15, 0.2) is 17.5 Å². The molecule has 0 bridgehead atoms. The van der Waals surface area contributed by atoms with Crippen LogP contribution >= 0.6 is 0 Å². The van der Waals surface area contributed by atoms with Crippen molar-refractivity contribution in [3.63, 3.8) is 0 Å². The Morgan fingerprint density at radius 2 is 0.836 bits per heavy atom. The number of nitrogens with zero attached hydrogens (tertiary/aromatic N) is 3. The summed E-state index contributed by atoms with van der Waals surface area (Å²) >= 11 is 0. The Morgan fingerprint density at radius 1 is 0.328 bits per heavy atom. The third kappa shape index (κ3) is 6.09. The number of para-hydroxylation sites is 1. The van der Waals surface area contributed by atoms with Crippen LogP contribution in [0.5, 0.6) is 0 Å². The van der Waals surface area contributed by atoms with E-state index in [0.29, 0.717) is 17.5 Å². The molecule has 0 amide bonds. The lowest BCUT2D eigenvalue weighted by atomic mass is 9.68. The lowest BCUT2D eigenvalue weighted by Crippen LogP contribution is -2.27. The zero-order chi connectivity index (χ0) is 40.3. The molecule has 2 aromatic heterocycles. The Morgan fingerprint density at radius 3 is 1.61 bits per heavy atom. The molecule has 0 saturated heterocycles. The van der Waals surface area contributed by atoms with Crippen molar-refractivity contribution >= 4 is 21.9 Å². The Balaban J connectivity index is 0.931. The third-order valence-electron chi connectivity index (χ3n) is 13.1. The van der Waals surface area contributed by atoms with E-state index in [1.807, 2.05) is 30.3 Å². The lowest BCUT2D eigenvalue weighted by molar-refractivity contribution is 0.353. The molecule has 10 aromatic rings. The zero-order valence-corrected chi connectivity index (χ0v) is 33.7. The monoisotopic (exact) mass is 783 g/mol. The maximum absolute atomic E-state index is 6.30. The van der Waals surface area contributed by atoms with E-state index in [-0.39, 0.29) is 5.41 Å². The van der Waals surface area contributed by atoms with Gasteiger partial charge in [-0.1, -0.05) is 171 Å². The minimum Gasteiger partial charge on any atom is -0.456 e. The molecule has 0 radical (unpaired) electrons. The topological polar surface area (TPSA) is 51.8 Å². The van der Waals surface area contributed by atoms with Gasteiger partial charge in [-0.25, -0.2) is 15.0 Å². The lowest BCUT2D eigenvalue weighted by Gasteiger charge is -2.36. The van der Waals surface area contributed by atoms with E-state index in [9.17, 15) is 0 Å². The van der Waals surface area contributed by atoms with Crippen molar-refractivity contribution < 1.29 is 4.42 Å². The van der Waals surface area contributed by atoms with E-state index in [1.165, 1.54) is 71.0 Å². The molecule has 0 atom stereocenters. The second-order valence-electron chi connectivity index (χ2n) is 16.7. The molecule has 1 fully saturated rings. The highest BCUT2D eigenvalue weighted by Crippen LogP contribution is 2.56. The van der Waals surface area contributed by atoms with Gasteiger partial charge in [-0.3, -0.25) is 0 Å². The number of rotatable bonds is 6. The first kappa shape index (κ1) is 35.5. The Bertz CT molecular complexity index is 3280. The van der Waals surface area contributed by atoms with Crippen molar-refractivity contribution in [2.24, 2.45) is 0 Å². The van der Waals surface area contributed by atoms with Gasteiger partial charge in [0.05, 0.1) is 0 Å². The van der Waals surface area contributed by atoms with Crippen LogP contribution < -0.4 is 0 Å². The van der Waals surface area contributed by atoms with Crippen LogP contribution in [0.2, 0.25) is 0 Å². The zero-order valence-electron chi connectivity index (χ0n) is 33.7. The van der Waals surface area contributed by atoms with Gasteiger partial charge in [-0.05, 0) is 105 Å². The average Bonchev–Trinajstić information content (AvgIpc) is 3.84. The first-order chi connectivity index (χ1) is 30.2. The van der Waals surface area contributed by atoms with Crippen molar-refractivity contribution in [1.82, 2.24) is 15.0 Å². The fourth-order valence-corrected chi connectivity index (χ4v) is 10.1. The van der Waals surface area contributed by atoms with E-state index < -0.39 is 0 Å².